The van der Waals surface area contributed by atoms with Crippen LogP contribution in [0.25, 0.3) is 0 Å². The molecule has 0 radical (unpaired) electrons. The Bertz CT molecular complexity index is 315. The maximum Gasteiger partial charge on any atom is 0.127 e. The van der Waals surface area contributed by atoms with Gasteiger partial charge in [0.05, 0.1) is 17.7 Å². The molecule has 1 aromatic rings. The van der Waals surface area contributed by atoms with Gasteiger partial charge in [0.25, 0.3) is 0 Å². The maximum absolute atomic E-state index is 9.38. The highest BCUT2D eigenvalue weighted by atomic mass is 16.3. The highest BCUT2D eigenvalue weighted by Crippen LogP contribution is 2.36. The SMILES string of the molecule is C[C@H](O)[C@H](N)c1c(O)cc(O)cc1O. The number of aromatic hydroxyl groups is 3. The maximum atomic E-state index is 9.38. The fraction of sp³-hybridized carbons (Fsp3) is 0.333. The zero-order valence-electron chi connectivity index (χ0n) is 7.68. The number of hydrogen-bond donors (Lipinski definition) is 5. The summed E-state index contributed by atoms with van der Waals surface area (Å²) in [6.07, 6.45) is -0.906. The van der Waals surface area contributed by atoms with Gasteiger partial charge in [0.2, 0.25) is 0 Å². The molecule has 1 aromatic carbocycles. The number of nitrogens with two attached hydrogens (primary N) is 1. The van der Waals surface area contributed by atoms with E-state index in [4.69, 9.17) is 10.8 Å². The topological polar surface area (TPSA) is 107 Å². The molecule has 0 aliphatic heterocycles. The van der Waals surface area contributed by atoms with Gasteiger partial charge < -0.3 is 26.2 Å². The van der Waals surface area contributed by atoms with E-state index in [1.54, 1.807) is 0 Å². The Hall–Kier alpha value is -1.46. The van der Waals surface area contributed by atoms with Crippen LogP contribution in [0.3, 0.4) is 0 Å². The van der Waals surface area contributed by atoms with Crippen molar-refractivity contribution in [2.45, 2.75) is 19.1 Å². The number of hydrogen-bond acceptors (Lipinski definition) is 5. The van der Waals surface area contributed by atoms with E-state index in [1.165, 1.54) is 6.92 Å². The fourth-order valence-corrected chi connectivity index (χ4v) is 1.19. The van der Waals surface area contributed by atoms with Gasteiger partial charge in [0.15, 0.2) is 0 Å². The summed E-state index contributed by atoms with van der Waals surface area (Å²) in [6, 6.07) is 1.21. The van der Waals surface area contributed by atoms with E-state index in [2.05, 4.69) is 0 Å². The van der Waals surface area contributed by atoms with Crippen LogP contribution in [0.4, 0.5) is 0 Å². The van der Waals surface area contributed by atoms with E-state index in [1.807, 2.05) is 0 Å². The zero-order chi connectivity index (χ0) is 10.9. The van der Waals surface area contributed by atoms with Crippen LogP contribution in [0.15, 0.2) is 12.1 Å². The molecule has 5 heteroatoms. The van der Waals surface area contributed by atoms with Gasteiger partial charge in [-0.25, -0.2) is 0 Å². The summed E-state index contributed by atoms with van der Waals surface area (Å²) in [7, 11) is 0. The molecule has 6 N–H and O–H groups in total. The van der Waals surface area contributed by atoms with Crippen molar-refractivity contribution in [3.8, 4) is 17.2 Å². The number of aliphatic hydroxyl groups is 1. The smallest absolute Gasteiger partial charge is 0.127 e. The van der Waals surface area contributed by atoms with Crippen LogP contribution in [-0.2, 0) is 0 Å². The Kier molecular flexibility index (Phi) is 2.83. The third kappa shape index (κ3) is 1.89. The summed E-state index contributed by atoms with van der Waals surface area (Å²) < 4.78 is 0. The van der Waals surface area contributed by atoms with Crippen LogP contribution in [0.1, 0.15) is 18.5 Å². The number of phenolic OH excluding ortho intramolecular Hbond substituents is 3. The first-order chi connectivity index (χ1) is 6.43. The molecule has 1 rings (SSSR count). The highest BCUT2D eigenvalue weighted by molar-refractivity contribution is 5.50. The molecular formula is C9H13NO4. The Morgan fingerprint density at radius 2 is 1.57 bits per heavy atom. The van der Waals surface area contributed by atoms with Gasteiger partial charge in [-0.3, -0.25) is 0 Å². The molecular weight excluding hydrogens is 186 g/mol. The van der Waals surface area contributed by atoms with Crippen molar-refractivity contribution in [3.63, 3.8) is 0 Å². The van der Waals surface area contributed by atoms with E-state index < -0.39 is 12.1 Å². The van der Waals surface area contributed by atoms with Gasteiger partial charge in [0.1, 0.15) is 17.2 Å². The van der Waals surface area contributed by atoms with Crippen molar-refractivity contribution < 1.29 is 20.4 Å². The molecule has 0 saturated carbocycles. The van der Waals surface area contributed by atoms with E-state index in [-0.39, 0.29) is 22.8 Å². The van der Waals surface area contributed by atoms with E-state index >= 15 is 0 Å². The van der Waals surface area contributed by atoms with Crippen LogP contribution in [0.2, 0.25) is 0 Å². The minimum absolute atomic E-state index is 0.0257. The molecule has 0 heterocycles. The van der Waals surface area contributed by atoms with Crippen molar-refractivity contribution in [3.05, 3.63) is 17.7 Å². The lowest BCUT2D eigenvalue weighted by Gasteiger charge is -2.17. The number of benzene rings is 1. The van der Waals surface area contributed by atoms with Crippen LogP contribution < -0.4 is 5.73 Å². The molecule has 5 nitrogen and oxygen atoms in total. The number of phenols is 3. The lowest BCUT2D eigenvalue weighted by Crippen LogP contribution is -2.23. The van der Waals surface area contributed by atoms with Crippen molar-refractivity contribution in [2.75, 3.05) is 0 Å². The second kappa shape index (κ2) is 3.73. The zero-order valence-corrected chi connectivity index (χ0v) is 7.68. The normalized spacial score (nSPS) is 15.1. The standard InChI is InChI=1S/C9H13NO4/c1-4(11)9(10)8-6(13)2-5(12)3-7(8)14/h2-4,9,11-14H,10H2,1H3/t4-,9-/m0/s1. The van der Waals surface area contributed by atoms with Gasteiger partial charge in [-0.2, -0.15) is 0 Å². The van der Waals surface area contributed by atoms with Crippen molar-refractivity contribution in [1.82, 2.24) is 0 Å². The van der Waals surface area contributed by atoms with Gasteiger partial charge in [-0.05, 0) is 6.92 Å². The van der Waals surface area contributed by atoms with Crippen LogP contribution in [-0.4, -0.2) is 26.5 Å². The molecule has 0 unspecified atom stereocenters. The molecule has 0 aliphatic rings. The number of aliphatic hydroxyl groups excluding tert-OH is 1. The average molecular weight is 199 g/mol. The molecule has 0 aliphatic carbocycles. The summed E-state index contributed by atoms with van der Waals surface area (Å²) in [5.74, 6) is -0.937. The van der Waals surface area contributed by atoms with E-state index in [0.29, 0.717) is 0 Å². The molecule has 0 aromatic heterocycles. The second-order valence-electron chi connectivity index (χ2n) is 3.16. The third-order valence-electron chi connectivity index (χ3n) is 1.97. The van der Waals surface area contributed by atoms with E-state index in [9.17, 15) is 15.3 Å². The lowest BCUT2D eigenvalue weighted by molar-refractivity contribution is 0.161. The quantitative estimate of drug-likeness (QED) is 0.467. The third-order valence-corrected chi connectivity index (χ3v) is 1.97. The Morgan fingerprint density at radius 3 is 1.93 bits per heavy atom. The first-order valence-corrected chi connectivity index (χ1v) is 4.12. The minimum Gasteiger partial charge on any atom is -0.508 e. The fourth-order valence-electron chi connectivity index (χ4n) is 1.19. The predicted molar refractivity (Wildman–Crippen MR) is 50.0 cm³/mol. The molecule has 0 fully saturated rings. The Morgan fingerprint density at radius 1 is 1.14 bits per heavy atom. The van der Waals surface area contributed by atoms with Gasteiger partial charge >= 0.3 is 0 Å². The van der Waals surface area contributed by atoms with Crippen molar-refractivity contribution in [1.29, 1.82) is 0 Å². The summed E-state index contributed by atoms with van der Waals surface area (Å²) in [6.45, 7) is 1.44. The summed E-state index contributed by atoms with van der Waals surface area (Å²) in [5, 5.41) is 37.0. The summed E-state index contributed by atoms with van der Waals surface area (Å²) >= 11 is 0. The van der Waals surface area contributed by atoms with Gasteiger partial charge in [0, 0.05) is 12.1 Å². The molecule has 0 spiro atoms. The molecule has 0 amide bonds. The number of rotatable bonds is 2. The monoisotopic (exact) mass is 199 g/mol. The lowest BCUT2D eigenvalue weighted by atomic mass is 10.0. The Balaban J connectivity index is 3.20. The largest absolute Gasteiger partial charge is 0.508 e. The molecule has 0 bridgehead atoms. The summed E-state index contributed by atoms with van der Waals surface area (Å²) in [4.78, 5) is 0. The van der Waals surface area contributed by atoms with Crippen LogP contribution in [0, 0.1) is 0 Å². The predicted octanol–water partition coefficient (Wildman–Crippen LogP) is 0.184. The van der Waals surface area contributed by atoms with E-state index in [0.717, 1.165) is 12.1 Å². The first kappa shape index (κ1) is 10.6. The highest BCUT2D eigenvalue weighted by Gasteiger charge is 2.20. The molecule has 78 valence electrons. The first-order valence-electron chi connectivity index (χ1n) is 4.12. The molecule has 14 heavy (non-hydrogen) atoms. The second-order valence-corrected chi connectivity index (χ2v) is 3.16. The minimum atomic E-state index is -0.906. The summed E-state index contributed by atoms with van der Waals surface area (Å²) in [5.41, 5.74) is 5.56. The molecule has 0 saturated heterocycles. The van der Waals surface area contributed by atoms with Crippen molar-refractivity contribution >= 4 is 0 Å². The molecule has 2 atom stereocenters. The van der Waals surface area contributed by atoms with Crippen LogP contribution >= 0.6 is 0 Å². The van der Waals surface area contributed by atoms with Crippen molar-refractivity contribution in [2.24, 2.45) is 5.73 Å². The average Bonchev–Trinajstić information content (AvgIpc) is 2.01. The van der Waals surface area contributed by atoms with Crippen LogP contribution in [0.5, 0.6) is 17.2 Å². The van der Waals surface area contributed by atoms with Gasteiger partial charge in [-0.15, -0.1) is 0 Å². The Labute approximate surface area is 81.0 Å². The van der Waals surface area contributed by atoms with Gasteiger partial charge in [-0.1, -0.05) is 0 Å².